The third-order valence-corrected chi connectivity index (χ3v) is 9.91. The maximum Gasteiger partial charge on any atom is 0.293 e. The first-order valence-electron chi connectivity index (χ1n) is 15.1. The number of pyridine rings is 1. The van der Waals surface area contributed by atoms with Gasteiger partial charge in [0.15, 0.2) is 0 Å². The minimum atomic E-state index is -4.57. The molecule has 12 nitrogen and oxygen atoms in total. The lowest BCUT2D eigenvalue weighted by molar-refractivity contribution is -0.384. The van der Waals surface area contributed by atoms with Crippen molar-refractivity contribution in [1.29, 1.82) is 0 Å². The van der Waals surface area contributed by atoms with Crippen LogP contribution in [-0.4, -0.2) is 34.0 Å². The van der Waals surface area contributed by atoms with Crippen LogP contribution in [0, 0.1) is 24.0 Å². The molecule has 0 fully saturated rings. The highest BCUT2D eigenvalue weighted by Crippen LogP contribution is 2.31. The largest absolute Gasteiger partial charge is 0.457 e. The van der Waals surface area contributed by atoms with Crippen molar-refractivity contribution in [2.75, 3.05) is 5.32 Å². The quantitative estimate of drug-likeness (QED) is 0.100. The lowest BCUT2D eigenvalue weighted by Crippen LogP contribution is -2.32. The molecule has 0 spiro atoms. The van der Waals surface area contributed by atoms with Crippen LogP contribution in [0.1, 0.15) is 32.7 Å². The van der Waals surface area contributed by atoms with Crippen LogP contribution >= 0.6 is 23.2 Å². The first-order valence-corrected chi connectivity index (χ1v) is 17.3. The maximum absolute atomic E-state index is 13.7. The van der Waals surface area contributed by atoms with E-state index in [-0.39, 0.29) is 24.5 Å². The van der Waals surface area contributed by atoms with Crippen molar-refractivity contribution in [3.05, 3.63) is 145 Å². The number of aromatic nitrogens is 3. The van der Waals surface area contributed by atoms with E-state index < -0.39 is 31.4 Å². The number of amides is 1. The van der Waals surface area contributed by atoms with E-state index in [2.05, 4.69) is 20.1 Å². The number of nitro benzene ring substituents is 1. The number of hydrogen-bond acceptors (Lipinski definition) is 9. The zero-order valence-corrected chi connectivity index (χ0v) is 28.9. The molecule has 0 radical (unpaired) electrons. The number of carbonyl (C=O) groups excluding carboxylic acids is 1. The number of hydrogen-bond donors (Lipinski definition) is 2. The van der Waals surface area contributed by atoms with Crippen molar-refractivity contribution in [2.45, 2.75) is 31.8 Å². The van der Waals surface area contributed by atoms with Gasteiger partial charge in [-0.3, -0.25) is 24.6 Å². The summed E-state index contributed by atoms with van der Waals surface area (Å²) in [6.45, 7) is 4.13. The molecule has 0 unspecified atom stereocenters. The normalized spacial score (nSPS) is 11.4. The zero-order chi connectivity index (χ0) is 35.6. The summed E-state index contributed by atoms with van der Waals surface area (Å²) in [5.41, 5.74) is 3.29. The fraction of sp³-hybridized carbons (Fsp3) is 0.114. The average Bonchev–Trinajstić information content (AvgIpc) is 3.44. The third kappa shape index (κ3) is 7.54. The first-order chi connectivity index (χ1) is 23.9. The van der Waals surface area contributed by atoms with Crippen molar-refractivity contribution >= 4 is 61.4 Å². The van der Waals surface area contributed by atoms with Gasteiger partial charge in [-0.15, -0.1) is 0 Å². The van der Waals surface area contributed by atoms with Crippen LogP contribution in [0.4, 0.5) is 11.4 Å². The van der Waals surface area contributed by atoms with E-state index in [1.165, 1.54) is 16.8 Å². The molecule has 6 aromatic rings. The Morgan fingerprint density at radius 3 is 2.28 bits per heavy atom. The Morgan fingerprint density at radius 2 is 1.60 bits per heavy atom. The van der Waals surface area contributed by atoms with Gasteiger partial charge in [-0.25, -0.2) is 13.1 Å². The SMILES string of the molecule is Cc1cc(Oc2ccc(Cn3nc4cc(Cl)ccc4c3C(=O)NS(=O)(=O)c3ccc(NCc4ccncc4)c([N+](=O)[O-])c3)cc2)cc(C)c1Cl. The van der Waals surface area contributed by atoms with Gasteiger partial charge in [0, 0.05) is 40.4 Å². The standard InChI is InChI=1S/C35H28Cl2N6O6S/c1-21-15-27(16-22(2)33(21)37)49-26-6-3-24(4-7-26)20-42-34(29-9-5-25(36)17-31(29)40-42)35(44)41-50(47,48)28-8-10-30(32(18-28)43(45)46)39-19-23-11-13-38-14-12-23/h3-18,39H,19-20H2,1-2H3,(H,41,44). The molecule has 254 valence electrons. The van der Waals surface area contributed by atoms with E-state index in [0.717, 1.165) is 28.3 Å². The zero-order valence-electron chi connectivity index (χ0n) is 26.6. The van der Waals surface area contributed by atoms with E-state index >= 15 is 0 Å². The number of benzene rings is 4. The number of nitrogens with one attached hydrogen (secondary N) is 2. The van der Waals surface area contributed by atoms with E-state index in [4.69, 9.17) is 27.9 Å². The molecule has 6 rings (SSSR count). The van der Waals surface area contributed by atoms with Gasteiger partial charge in [0.05, 0.1) is 21.9 Å². The highest BCUT2D eigenvalue weighted by molar-refractivity contribution is 7.90. The van der Waals surface area contributed by atoms with Gasteiger partial charge in [0.25, 0.3) is 21.6 Å². The second-order valence-corrected chi connectivity index (χ2v) is 13.9. The topological polar surface area (TPSA) is 158 Å². The molecule has 1 amide bonds. The third-order valence-electron chi connectivity index (χ3n) is 7.75. The van der Waals surface area contributed by atoms with Crippen LogP contribution < -0.4 is 14.8 Å². The summed E-state index contributed by atoms with van der Waals surface area (Å²) in [7, 11) is -4.57. The minimum Gasteiger partial charge on any atom is -0.457 e. The van der Waals surface area contributed by atoms with Gasteiger partial charge in [-0.2, -0.15) is 5.10 Å². The predicted molar refractivity (Wildman–Crippen MR) is 191 cm³/mol. The number of ether oxygens (including phenoxy) is 1. The van der Waals surface area contributed by atoms with Gasteiger partial charge in [-0.05, 0) is 103 Å². The molecule has 0 atom stereocenters. The minimum absolute atomic E-state index is 0.0437. The van der Waals surface area contributed by atoms with E-state index in [1.54, 1.807) is 67.0 Å². The number of nitro groups is 1. The summed E-state index contributed by atoms with van der Waals surface area (Å²) in [5, 5.41) is 20.8. The van der Waals surface area contributed by atoms with Crippen molar-refractivity contribution in [2.24, 2.45) is 0 Å². The number of rotatable bonds is 11. The molecular weight excluding hydrogens is 703 g/mol. The summed E-state index contributed by atoms with van der Waals surface area (Å²) in [4.78, 5) is 28.4. The van der Waals surface area contributed by atoms with Gasteiger partial charge in [-0.1, -0.05) is 35.3 Å². The second kappa shape index (κ2) is 14.2. The average molecular weight is 732 g/mol. The van der Waals surface area contributed by atoms with Crippen LogP contribution in [0.15, 0.2) is 102 Å². The van der Waals surface area contributed by atoms with E-state index in [9.17, 15) is 23.3 Å². The number of aryl methyl sites for hydroxylation is 2. The monoisotopic (exact) mass is 730 g/mol. The molecule has 0 aliphatic rings. The van der Waals surface area contributed by atoms with Crippen LogP contribution in [0.3, 0.4) is 0 Å². The van der Waals surface area contributed by atoms with Crippen LogP contribution in [0.2, 0.25) is 10.0 Å². The Balaban J connectivity index is 1.25. The lowest BCUT2D eigenvalue weighted by Gasteiger charge is -2.12. The number of anilines is 1. The van der Waals surface area contributed by atoms with Gasteiger partial charge in [0.1, 0.15) is 22.9 Å². The number of nitrogens with zero attached hydrogens (tertiary/aromatic N) is 4. The fourth-order valence-corrected chi connectivity index (χ4v) is 6.55. The Bertz CT molecular complexity index is 2340. The maximum atomic E-state index is 13.7. The van der Waals surface area contributed by atoms with Crippen molar-refractivity contribution in [3.63, 3.8) is 0 Å². The number of fused-ring (bicyclic) bond motifs is 1. The van der Waals surface area contributed by atoms with Gasteiger partial charge in [0.2, 0.25) is 0 Å². The van der Waals surface area contributed by atoms with Gasteiger partial charge < -0.3 is 10.1 Å². The van der Waals surface area contributed by atoms with Crippen molar-refractivity contribution < 1.29 is 22.9 Å². The number of sulfonamides is 1. The molecule has 4 aromatic carbocycles. The summed E-state index contributed by atoms with van der Waals surface area (Å²) < 4.78 is 36.4. The Labute approximate surface area is 296 Å². The van der Waals surface area contributed by atoms with Crippen molar-refractivity contribution in [3.8, 4) is 11.5 Å². The molecule has 2 N–H and O–H groups in total. The molecule has 0 aliphatic heterocycles. The summed E-state index contributed by atoms with van der Waals surface area (Å²) in [6.07, 6.45) is 3.17. The highest BCUT2D eigenvalue weighted by atomic mass is 35.5. The summed E-state index contributed by atoms with van der Waals surface area (Å²) in [5.74, 6) is 0.225. The molecule has 15 heteroatoms. The van der Waals surface area contributed by atoms with Gasteiger partial charge >= 0.3 is 0 Å². The molecule has 2 heterocycles. The lowest BCUT2D eigenvalue weighted by atomic mass is 10.1. The number of halogens is 2. The Morgan fingerprint density at radius 1 is 0.900 bits per heavy atom. The molecule has 0 bridgehead atoms. The van der Waals surface area contributed by atoms with Crippen molar-refractivity contribution in [1.82, 2.24) is 19.5 Å². The summed E-state index contributed by atoms with van der Waals surface area (Å²) in [6, 6.07) is 22.4. The first kappa shape index (κ1) is 34.4. The smallest absolute Gasteiger partial charge is 0.293 e. The van der Waals surface area contributed by atoms with Crippen LogP contribution in [0.25, 0.3) is 10.9 Å². The van der Waals surface area contributed by atoms with E-state index in [1.807, 2.05) is 26.0 Å². The molecule has 0 saturated heterocycles. The molecule has 0 saturated carbocycles. The Kier molecular flexibility index (Phi) is 9.73. The molecule has 50 heavy (non-hydrogen) atoms. The van der Waals surface area contributed by atoms with Crippen LogP contribution in [0.5, 0.6) is 11.5 Å². The Hall–Kier alpha value is -5.50. The molecule has 2 aromatic heterocycles. The molecular formula is C35H28Cl2N6O6S. The highest BCUT2D eigenvalue weighted by Gasteiger charge is 2.27. The number of carbonyl (C=O) groups is 1. The predicted octanol–water partition coefficient (Wildman–Crippen LogP) is 7.83. The second-order valence-electron chi connectivity index (χ2n) is 11.4. The molecule has 0 aliphatic carbocycles. The van der Waals surface area contributed by atoms with Crippen LogP contribution in [-0.2, 0) is 23.1 Å². The van der Waals surface area contributed by atoms with E-state index in [0.29, 0.717) is 32.4 Å². The summed E-state index contributed by atoms with van der Waals surface area (Å²) >= 11 is 12.5. The fourth-order valence-electron chi connectivity index (χ4n) is 5.30.